The van der Waals surface area contributed by atoms with E-state index in [0.29, 0.717) is 21.9 Å². The molecule has 1 aromatic heterocycles. The van der Waals surface area contributed by atoms with Crippen molar-refractivity contribution in [3.63, 3.8) is 0 Å². The first kappa shape index (κ1) is 21.6. The summed E-state index contributed by atoms with van der Waals surface area (Å²) >= 11 is 0. The van der Waals surface area contributed by atoms with Gasteiger partial charge in [0, 0.05) is 48.0 Å². The van der Waals surface area contributed by atoms with Crippen molar-refractivity contribution in [2.24, 2.45) is 16.8 Å². The Bertz CT molecular complexity index is 1330. The van der Waals surface area contributed by atoms with E-state index < -0.39 is 17.6 Å². The number of pyridine rings is 1. The highest BCUT2D eigenvalue weighted by molar-refractivity contribution is 5.68. The highest BCUT2D eigenvalue weighted by atomic mass is 19.3. The first-order valence-corrected chi connectivity index (χ1v) is 10.8. The van der Waals surface area contributed by atoms with Crippen LogP contribution in [0.4, 0.5) is 17.6 Å². The molecule has 170 valence electrons. The smallest absolute Gasteiger partial charge is 0.249 e. The van der Waals surface area contributed by atoms with Crippen molar-refractivity contribution in [1.29, 1.82) is 0 Å². The zero-order valence-corrected chi connectivity index (χ0v) is 18.2. The number of fused-ring (bicyclic) bond motifs is 1. The van der Waals surface area contributed by atoms with E-state index in [1.165, 1.54) is 19.2 Å². The standard InChI is InChI=1S/C26H22F4N2O/c1-14-23(17-11-26(29,30)12-17)20-8-16(19-6-5-18(27)10-21(19)28)9-22(33-2)25(20)32-24(14)15-4-3-7-31-13-15/h3-10,13-14,17,24H,11-12H2,1-2H3. The fourth-order valence-corrected chi connectivity index (χ4v) is 5.05. The molecule has 1 aliphatic carbocycles. The number of methoxy groups -OCH3 is 1. The number of ether oxygens (including phenoxy) is 1. The second-order valence-electron chi connectivity index (χ2n) is 8.76. The second-order valence-corrected chi connectivity index (χ2v) is 8.76. The normalized spacial score (nSPS) is 21.7. The van der Waals surface area contributed by atoms with Crippen LogP contribution in [0.5, 0.6) is 5.75 Å². The predicted octanol–water partition coefficient (Wildman–Crippen LogP) is 5.24. The summed E-state index contributed by atoms with van der Waals surface area (Å²) in [5.41, 5.74) is 2.43. The van der Waals surface area contributed by atoms with Crippen molar-refractivity contribution in [2.75, 3.05) is 7.11 Å². The number of alkyl halides is 2. The molecule has 0 N–H and O–H groups in total. The van der Waals surface area contributed by atoms with Crippen LogP contribution >= 0.6 is 0 Å². The largest absolute Gasteiger partial charge is 0.494 e. The molecule has 0 spiro atoms. The van der Waals surface area contributed by atoms with Crippen LogP contribution in [0.15, 0.2) is 59.9 Å². The van der Waals surface area contributed by atoms with E-state index in [1.54, 1.807) is 24.5 Å². The minimum atomic E-state index is -2.69. The quantitative estimate of drug-likeness (QED) is 0.505. The summed E-state index contributed by atoms with van der Waals surface area (Å²) in [6, 6.07) is 10.2. The fraction of sp³-hybridized carbons (Fsp3) is 0.308. The minimum Gasteiger partial charge on any atom is -0.494 e. The van der Waals surface area contributed by atoms with E-state index >= 15 is 0 Å². The number of benzene rings is 2. The van der Waals surface area contributed by atoms with Gasteiger partial charge in [-0.15, -0.1) is 0 Å². The Hall–Kier alpha value is -3.22. The summed E-state index contributed by atoms with van der Waals surface area (Å²) in [5.74, 6) is -4.14. The molecule has 1 fully saturated rings. The zero-order valence-electron chi connectivity index (χ0n) is 18.2. The Morgan fingerprint density at radius 2 is 1.85 bits per heavy atom. The Balaban J connectivity index is 1.77. The molecule has 3 aromatic rings. The van der Waals surface area contributed by atoms with Crippen LogP contribution in [-0.2, 0) is 0 Å². The first-order valence-electron chi connectivity index (χ1n) is 10.8. The van der Waals surface area contributed by atoms with Gasteiger partial charge in [-0.1, -0.05) is 18.6 Å². The van der Waals surface area contributed by atoms with Crippen molar-refractivity contribution in [2.45, 2.75) is 31.7 Å². The maximum absolute atomic E-state index is 14.6. The van der Waals surface area contributed by atoms with Crippen molar-refractivity contribution in [3.05, 3.63) is 82.6 Å². The SMILES string of the molecule is COc1cc(-c2ccc(F)cc2F)cc2c1=NC(c1cccnc1)C(C)C=2C1CC(F)(F)C1. The molecule has 2 atom stereocenters. The van der Waals surface area contributed by atoms with E-state index in [1.807, 2.05) is 19.1 Å². The van der Waals surface area contributed by atoms with Gasteiger partial charge in [0.2, 0.25) is 5.92 Å². The molecular weight excluding hydrogens is 432 g/mol. The molecule has 0 bridgehead atoms. The summed E-state index contributed by atoms with van der Waals surface area (Å²) in [6.45, 7) is 1.98. The number of halogens is 4. The Kier molecular flexibility index (Phi) is 5.22. The van der Waals surface area contributed by atoms with Crippen LogP contribution in [-0.4, -0.2) is 18.0 Å². The Morgan fingerprint density at radius 3 is 2.48 bits per heavy atom. The topological polar surface area (TPSA) is 34.5 Å². The van der Waals surface area contributed by atoms with Crippen LogP contribution in [0.2, 0.25) is 0 Å². The average Bonchev–Trinajstić information content (AvgIpc) is 2.77. The summed E-state index contributed by atoms with van der Waals surface area (Å²) in [5, 5.41) is 1.24. The van der Waals surface area contributed by atoms with Gasteiger partial charge in [0.25, 0.3) is 0 Å². The highest BCUT2D eigenvalue weighted by Crippen LogP contribution is 2.50. The molecule has 1 saturated carbocycles. The van der Waals surface area contributed by atoms with Gasteiger partial charge in [-0.05, 0) is 47.4 Å². The summed E-state index contributed by atoms with van der Waals surface area (Å²) in [4.78, 5) is 9.14. The number of aromatic nitrogens is 1. The molecule has 7 heteroatoms. The van der Waals surface area contributed by atoms with Crippen LogP contribution in [0.1, 0.15) is 31.4 Å². The fourth-order valence-electron chi connectivity index (χ4n) is 5.05. The average molecular weight is 454 g/mol. The lowest BCUT2D eigenvalue weighted by atomic mass is 9.69. The number of hydrogen-bond acceptors (Lipinski definition) is 3. The molecule has 0 amide bonds. The predicted molar refractivity (Wildman–Crippen MR) is 116 cm³/mol. The van der Waals surface area contributed by atoms with Crippen LogP contribution in [0.3, 0.4) is 0 Å². The van der Waals surface area contributed by atoms with Gasteiger partial charge in [-0.25, -0.2) is 17.6 Å². The minimum absolute atomic E-state index is 0.166. The van der Waals surface area contributed by atoms with Crippen molar-refractivity contribution >= 4 is 5.57 Å². The highest BCUT2D eigenvalue weighted by Gasteiger charge is 2.49. The van der Waals surface area contributed by atoms with Gasteiger partial charge in [0.05, 0.1) is 13.2 Å². The lowest BCUT2D eigenvalue weighted by Gasteiger charge is -2.41. The molecule has 2 aliphatic rings. The summed E-state index contributed by atoms with van der Waals surface area (Å²) < 4.78 is 61.4. The lowest BCUT2D eigenvalue weighted by Crippen LogP contribution is -2.45. The second kappa shape index (κ2) is 7.97. The molecule has 0 radical (unpaired) electrons. The molecule has 33 heavy (non-hydrogen) atoms. The molecule has 0 saturated heterocycles. The van der Waals surface area contributed by atoms with E-state index in [-0.39, 0.29) is 36.3 Å². The number of hydrogen-bond donors (Lipinski definition) is 0. The van der Waals surface area contributed by atoms with Crippen LogP contribution in [0.25, 0.3) is 16.7 Å². The van der Waals surface area contributed by atoms with Crippen molar-refractivity contribution < 1.29 is 22.3 Å². The van der Waals surface area contributed by atoms with Gasteiger partial charge in [0.1, 0.15) is 22.7 Å². The van der Waals surface area contributed by atoms with Gasteiger partial charge in [-0.3, -0.25) is 9.98 Å². The van der Waals surface area contributed by atoms with E-state index in [0.717, 1.165) is 17.2 Å². The first-order chi connectivity index (χ1) is 15.8. The molecule has 2 heterocycles. The molecular formula is C26H22F4N2O. The summed E-state index contributed by atoms with van der Waals surface area (Å²) in [6.07, 6.45) is 2.94. The van der Waals surface area contributed by atoms with Crippen LogP contribution < -0.4 is 15.3 Å². The third-order valence-corrected chi connectivity index (χ3v) is 6.64. The Morgan fingerprint density at radius 1 is 1.06 bits per heavy atom. The maximum atomic E-state index is 14.6. The van der Waals surface area contributed by atoms with Gasteiger partial charge < -0.3 is 4.74 Å². The molecule has 2 unspecified atom stereocenters. The maximum Gasteiger partial charge on any atom is 0.249 e. The van der Waals surface area contributed by atoms with Crippen molar-refractivity contribution in [1.82, 2.24) is 4.98 Å². The molecule has 2 aromatic carbocycles. The molecule has 3 nitrogen and oxygen atoms in total. The number of rotatable bonds is 4. The van der Waals surface area contributed by atoms with E-state index in [2.05, 4.69) is 4.98 Å². The lowest BCUT2D eigenvalue weighted by molar-refractivity contribution is -0.0953. The molecule has 5 rings (SSSR count). The van der Waals surface area contributed by atoms with Crippen LogP contribution in [0, 0.1) is 23.5 Å². The third-order valence-electron chi connectivity index (χ3n) is 6.64. The zero-order chi connectivity index (χ0) is 23.3. The third kappa shape index (κ3) is 3.79. The van der Waals surface area contributed by atoms with E-state index in [4.69, 9.17) is 9.73 Å². The van der Waals surface area contributed by atoms with Gasteiger partial charge in [-0.2, -0.15) is 0 Å². The Labute approximate surface area is 188 Å². The summed E-state index contributed by atoms with van der Waals surface area (Å²) in [7, 11) is 1.49. The monoisotopic (exact) mass is 454 g/mol. The molecule has 1 aliphatic heterocycles. The number of nitrogens with zero attached hydrogens (tertiary/aromatic N) is 2. The van der Waals surface area contributed by atoms with E-state index in [9.17, 15) is 17.6 Å². The van der Waals surface area contributed by atoms with Crippen molar-refractivity contribution in [3.8, 4) is 16.9 Å². The van der Waals surface area contributed by atoms with Gasteiger partial charge >= 0.3 is 0 Å². The van der Waals surface area contributed by atoms with Gasteiger partial charge in [0.15, 0.2) is 0 Å².